The van der Waals surface area contributed by atoms with Crippen molar-refractivity contribution in [1.29, 1.82) is 0 Å². The highest BCUT2D eigenvalue weighted by Gasteiger charge is 1.99. The molecular formula is C12H19NO. The van der Waals surface area contributed by atoms with Crippen LogP contribution in [0.4, 0.5) is 0 Å². The summed E-state index contributed by atoms with van der Waals surface area (Å²) in [4.78, 5) is 0. The van der Waals surface area contributed by atoms with Gasteiger partial charge in [0.15, 0.2) is 0 Å². The molecule has 0 saturated carbocycles. The molecule has 0 saturated heterocycles. The Morgan fingerprint density at radius 1 is 1.36 bits per heavy atom. The van der Waals surface area contributed by atoms with Crippen molar-refractivity contribution in [2.24, 2.45) is 0 Å². The van der Waals surface area contributed by atoms with Crippen molar-refractivity contribution in [3.63, 3.8) is 0 Å². The topological polar surface area (TPSA) is 21.3 Å². The van der Waals surface area contributed by atoms with Crippen molar-refractivity contribution >= 4 is 0 Å². The average Bonchev–Trinajstić information content (AvgIpc) is 2.20. The third-order valence-electron chi connectivity index (χ3n) is 2.29. The number of aryl methyl sites for hydroxylation is 1. The van der Waals surface area contributed by atoms with Crippen molar-refractivity contribution in [2.45, 2.75) is 26.8 Å². The van der Waals surface area contributed by atoms with Crippen LogP contribution in [0.2, 0.25) is 0 Å². The zero-order valence-electron chi connectivity index (χ0n) is 9.26. The Kier molecular flexibility index (Phi) is 4.47. The standard InChI is InChI=1S/C12H19NO/c1-4-7-13-9-11-5-6-12(14-3)8-10(11)2/h5-6,8,13H,4,7,9H2,1-3H3. The minimum absolute atomic E-state index is 0.932. The number of ether oxygens (including phenoxy) is 1. The summed E-state index contributed by atoms with van der Waals surface area (Å²) in [6.45, 7) is 6.31. The fourth-order valence-electron chi connectivity index (χ4n) is 1.39. The molecule has 14 heavy (non-hydrogen) atoms. The van der Waals surface area contributed by atoms with Crippen molar-refractivity contribution in [3.05, 3.63) is 29.3 Å². The Labute approximate surface area is 86.3 Å². The highest BCUT2D eigenvalue weighted by Crippen LogP contribution is 2.16. The zero-order chi connectivity index (χ0) is 10.4. The van der Waals surface area contributed by atoms with Gasteiger partial charge in [-0.25, -0.2) is 0 Å². The Balaban J connectivity index is 2.59. The lowest BCUT2D eigenvalue weighted by atomic mass is 10.1. The maximum atomic E-state index is 5.16. The van der Waals surface area contributed by atoms with E-state index in [0.29, 0.717) is 0 Å². The molecule has 0 radical (unpaired) electrons. The van der Waals surface area contributed by atoms with E-state index in [-0.39, 0.29) is 0 Å². The third-order valence-corrected chi connectivity index (χ3v) is 2.29. The first-order chi connectivity index (χ1) is 6.77. The Morgan fingerprint density at radius 2 is 2.14 bits per heavy atom. The lowest BCUT2D eigenvalue weighted by molar-refractivity contribution is 0.414. The summed E-state index contributed by atoms with van der Waals surface area (Å²) < 4.78 is 5.16. The molecule has 0 heterocycles. The molecule has 0 amide bonds. The SMILES string of the molecule is CCCNCc1ccc(OC)cc1C. The molecule has 1 rings (SSSR count). The van der Waals surface area contributed by atoms with Gasteiger partial charge < -0.3 is 10.1 Å². The van der Waals surface area contributed by atoms with Crippen LogP contribution >= 0.6 is 0 Å². The summed E-state index contributed by atoms with van der Waals surface area (Å²) in [6, 6.07) is 6.20. The maximum absolute atomic E-state index is 5.16. The summed E-state index contributed by atoms with van der Waals surface area (Å²) in [5.41, 5.74) is 2.63. The van der Waals surface area contributed by atoms with E-state index in [1.807, 2.05) is 6.07 Å². The van der Waals surface area contributed by atoms with Gasteiger partial charge in [-0.15, -0.1) is 0 Å². The van der Waals surface area contributed by atoms with E-state index in [2.05, 4.69) is 31.3 Å². The van der Waals surface area contributed by atoms with Gasteiger partial charge in [0.25, 0.3) is 0 Å². The van der Waals surface area contributed by atoms with Crippen LogP contribution in [0, 0.1) is 6.92 Å². The molecule has 0 unspecified atom stereocenters. The highest BCUT2D eigenvalue weighted by molar-refractivity contribution is 5.34. The Bertz CT molecular complexity index is 284. The molecule has 0 spiro atoms. The van der Waals surface area contributed by atoms with E-state index in [1.54, 1.807) is 7.11 Å². The first-order valence-corrected chi connectivity index (χ1v) is 5.12. The molecule has 0 aliphatic heterocycles. The second-order valence-electron chi connectivity index (χ2n) is 3.47. The second-order valence-corrected chi connectivity index (χ2v) is 3.47. The lowest BCUT2D eigenvalue weighted by Crippen LogP contribution is -2.14. The lowest BCUT2D eigenvalue weighted by Gasteiger charge is -2.08. The summed E-state index contributed by atoms with van der Waals surface area (Å²) in [5, 5.41) is 3.39. The van der Waals surface area contributed by atoms with Crippen LogP contribution in [0.25, 0.3) is 0 Å². The maximum Gasteiger partial charge on any atom is 0.119 e. The predicted octanol–water partition coefficient (Wildman–Crippen LogP) is 2.50. The predicted molar refractivity (Wildman–Crippen MR) is 59.7 cm³/mol. The molecule has 2 heteroatoms. The largest absolute Gasteiger partial charge is 0.497 e. The van der Waals surface area contributed by atoms with Crippen LogP contribution in [0.1, 0.15) is 24.5 Å². The zero-order valence-corrected chi connectivity index (χ0v) is 9.26. The first-order valence-electron chi connectivity index (χ1n) is 5.12. The van der Waals surface area contributed by atoms with Gasteiger partial charge >= 0.3 is 0 Å². The third kappa shape index (κ3) is 3.04. The van der Waals surface area contributed by atoms with Crippen LogP contribution in [-0.4, -0.2) is 13.7 Å². The van der Waals surface area contributed by atoms with Gasteiger partial charge in [0.05, 0.1) is 7.11 Å². The average molecular weight is 193 g/mol. The van der Waals surface area contributed by atoms with E-state index in [1.165, 1.54) is 17.5 Å². The van der Waals surface area contributed by atoms with E-state index in [4.69, 9.17) is 4.74 Å². The summed E-state index contributed by atoms with van der Waals surface area (Å²) in [6.07, 6.45) is 1.18. The quantitative estimate of drug-likeness (QED) is 0.725. The summed E-state index contributed by atoms with van der Waals surface area (Å²) in [7, 11) is 1.70. The van der Waals surface area contributed by atoms with Crippen LogP contribution in [0.5, 0.6) is 5.75 Å². The van der Waals surface area contributed by atoms with Gasteiger partial charge in [0.1, 0.15) is 5.75 Å². The monoisotopic (exact) mass is 193 g/mol. The molecular weight excluding hydrogens is 174 g/mol. The van der Waals surface area contributed by atoms with Crippen LogP contribution in [0.15, 0.2) is 18.2 Å². The molecule has 1 aromatic rings. The number of hydrogen-bond donors (Lipinski definition) is 1. The molecule has 1 aromatic carbocycles. The fraction of sp³-hybridized carbons (Fsp3) is 0.500. The van der Waals surface area contributed by atoms with Gasteiger partial charge in [-0.1, -0.05) is 13.0 Å². The van der Waals surface area contributed by atoms with E-state index >= 15 is 0 Å². The molecule has 2 nitrogen and oxygen atoms in total. The normalized spacial score (nSPS) is 10.2. The second kappa shape index (κ2) is 5.66. The van der Waals surface area contributed by atoms with Crippen molar-refractivity contribution in [2.75, 3.05) is 13.7 Å². The van der Waals surface area contributed by atoms with Gasteiger partial charge in [-0.05, 0) is 43.1 Å². The van der Waals surface area contributed by atoms with Crippen molar-refractivity contribution in [1.82, 2.24) is 5.32 Å². The number of benzene rings is 1. The number of rotatable bonds is 5. The van der Waals surface area contributed by atoms with Crippen LogP contribution < -0.4 is 10.1 Å². The van der Waals surface area contributed by atoms with E-state index < -0.39 is 0 Å². The molecule has 0 bridgehead atoms. The van der Waals surface area contributed by atoms with Crippen molar-refractivity contribution in [3.8, 4) is 5.75 Å². The number of nitrogens with one attached hydrogen (secondary N) is 1. The van der Waals surface area contributed by atoms with Gasteiger partial charge in [0, 0.05) is 6.54 Å². The van der Waals surface area contributed by atoms with Crippen LogP contribution in [-0.2, 0) is 6.54 Å². The summed E-state index contributed by atoms with van der Waals surface area (Å²) >= 11 is 0. The summed E-state index contributed by atoms with van der Waals surface area (Å²) in [5.74, 6) is 0.932. The Morgan fingerprint density at radius 3 is 2.71 bits per heavy atom. The number of hydrogen-bond acceptors (Lipinski definition) is 2. The Hall–Kier alpha value is -1.02. The van der Waals surface area contributed by atoms with E-state index in [9.17, 15) is 0 Å². The van der Waals surface area contributed by atoms with Gasteiger partial charge in [-0.3, -0.25) is 0 Å². The van der Waals surface area contributed by atoms with Gasteiger partial charge in [-0.2, -0.15) is 0 Å². The van der Waals surface area contributed by atoms with Crippen LogP contribution in [0.3, 0.4) is 0 Å². The molecule has 0 aliphatic carbocycles. The molecule has 0 aliphatic rings. The first kappa shape index (κ1) is 11.1. The molecule has 1 N–H and O–H groups in total. The smallest absolute Gasteiger partial charge is 0.119 e. The minimum atomic E-state index is 0.932. The fourth-order valence-corrected chi connectivity index (χ4v) is 1.39. The van der Waals surface area contributed by atoms with Crippen molar-refractivity contribution < 1.29 is 4.74 Å². The van der Waals surface area contributed by atoms with Gasteiger partial charge in [0.2, 0.25) is 0 Å². The number of methoxy groups -OCH3 is 1. The minimum Gasteiger partial charge on any atom is -0.497 e. The molecule has 0 aromatic heterocycles. The molecule has 78 valence electrons. The highest BCUT2D eigenvalue weighted by atomic mass is 16.5. The molecule has 0 atom stereocenters. The van der Waals surface area contributed by atoms with E-state index in [0.717, 1.165) is 18.8 Å². The molecule has 0 fully saturated rings.